The second kappa shape index (κ2) is 5.57. The van der Waals surface area contributed by atoms with E-state index < -0.39 is 23.7 Å². The van der Waals surface area contributed by atoms with Gasteiger partial charge < -0.3 is 10.0 Å². The average Bonchev–Trinajstić information content (AvgIpc) is 2.41. The minimum absolute atomic E-state index is 0.144. The minimum Gasteiger partial charge on any atom is -0.480 e. The lowest BCUT2D eigenvalue weighted by molar-refractivity contribution is -0.143. The zero-order valence-corrected chi connectivity index (χ0v) is 10.9. The van der Waals surface area contributed by atoms with Crippen LogP contribution in [-0.4, -0.2) is 34.5 Å². The molecule has 19 heavy (non-hydrogen) atoms. The maximum Gasteiger partial charge on any atom is 0.326 e. The number of carbonyl (C=O) groups excluding carboxylic acids is 1. The van der Waals surface area contributed by atoms with Gasteiger partial charge in [0.2, 0.25) is 0 Å². The summed E-state index contributed by atoms with van der Waals surface area (Å²) in [6, 6.07) is 3.24. The van der Waals surface area contributed by atoms with Crippen LogP contribution >= 0.6 is 11.6 Å². The molecule has 1 atom stereocenters. The lowest BCUT2D eigenvalue weighted by Crippen LogP contribution is -2.48. The summed E-state index contributed by atoms with van der Waals surface area (Å²) in [5.74, 6) is -2.48. The van der Waals surface area contributed by atoms with Crippen molar-refractivity contribution in [2.45, 2.75) is 25.3 Å². The van der Waals surface area contributed by atoms with E-state index in [0.29, 0.717) is 13.0 Å². The molecule has 0 bridgehead atoms. The molecule has 1 aromatic rings. The maximum atomic E-state index is 13.8. The highest BCUT2D eigenvalue weighted by Crippen LogP contribution is 2.23. The van der Waals surface area contributed by atoms with Crippen molar-refractivity contribution in [1.29, 1.82) is 0 Å². The van der Waals surface area contributed by atoms with Crippen LogP contribution in [0.25, 0.3) is 0 Å². The molecule has 6 heteroatoms. The van der Waals surface area contributed by atoms with Gasteiger partial charge in [-0.15, -0.1) is 0 Å². The fourth-order valence-electron chi connectivity index (χ4n) is 2.26. The van der Waals surface area contributed by atoms with E-state index in [0.717, 1.165) is 12.8 Å². The third-order valence-electron chi connectivity index (χ3n) is 3.23. The molecule has 0 aliphatic carbocycles. The summed E-state index contributed by atoms with van der Waals surface area (Å²) in [4.78, 5) is 24.6. The van der Waals surface area contributed by atoms with Gasteiger partial charge in [-0.05, 0) is 31.4 Å². The Bertz CT molecular complexity index is 521. The Morgan fingerprint density at radius 3 is 2.79 bits per heavy atom. The van der Waals surface area contributed by atoms with E-state index in [1.807, 2.05) is 0 Å². The molecule has 1 aromatic carbocycles. The predicted octanol–water partition coefficient (Wildman–Crippen LogP) is 2.56. The highest BCUT2D eigenvalue weighted by Gasteiger charge is 2.33. The van der Waals surface area contributed by atoms with Crippen LogP contribution in [0.15, 0.2) is 18.2 Å². The summed E-state index contributed by atoms with van der Waals surface area (Å²) >= 11 is 5.63. The van der Waals surface area contributed by atoms with Gasteiger partial charge in [0.05, 0.1) is 10.6 Å². The standard InChI is InChI=1S/C13H13ClFNO3/c14-9-5-3-4-8(11(9)15)12(17)16-7-2-1-6-10(16)13(18)19/h3-5,10H,1-2,6-7H2,(H,18,19)/t10-/m0/s1. The number of aliphatic carboxylic acids is 1. The van der Waals surface area contributed by atoms with Gasteiger partial charge in [0.15, 0.2) is 5.82 Å². The van der Waals surface area contributed by atoms with Gasteiger partial charge in [-0.25, -0.2) is 9.18 Å². The zero-order chi connectivity index (χ0) is 14.0. The van der Waals surface area contributed by atoms with Crippen LogP contribution in [-0.2, 0) is 4.79 Å². The fraction of sp³-hybridized carbons (Fsp3) is 0.385. The largest absolute Gasteiger partial charge is 0.480 e. The van der Waals surface area contributed by atoms with Crippen LogP contribution in [0.5, 0.6) is 0 Å². The molecule has 4 nitrogen and oxygen atoms in total. The number of amides is 1. The Labute approximate surface area is 114 Å². The van der Waals surface area contributed by atoms with Crippen LogP contribution in [0.1, 0.15) is 29.6 Å². The molecule has 1 N–H and O–H groups in total. The second-order valence-corrected chi connectivity index (χ2v) is 4.86. The molecule has 1 aliphatic rings. The molecule has 0 radical (unpaired) electrons. The molecule has 0 saturated carbocycles. The van der Waals surface area contributed by atoms with E-state index in [1.165, 1.54) is 23.1 Å². The first-order chi connectivity index (χ1) is 9.02. The number of benzene rings is 1. The summed E-state index contributed by atoms with van der Waals surface area (Å²) in [7, 11) is 0. The van der Waals surface area contributed by atoms with E-state index in [1.54, 1.807) is 0 Å². The molecule has 1 heterocycles. The number of piperidine rings is 1. The Morgan fingerprint density at radius 2 is 2.11 bits per heavy atom. The van der Waals surface area contributed by atoms with Gasteiger partial charge in [0.25, 0.3) is 5.91 Å². The summed E-state index contributed by atoms with van der Waals surface area (Å²) in [5.41, 5.74) is -0.180. The predicted molar refractivity (Wildman–Crippen MR) is 67.7 cm³/mol. The van der Waals surface area contributed by atoms with Crippen molar-refractivity contribution in [3.8, 4) is 0 Å². The topological polar surface area (TPSA) is 57.6 Å². The third kappa shape index (κ3) is 2.71. The molecule has 1 aliphatic heterocycles. The number of carbonyl (C=O) groups is 2. The molecule has 0 spiro atoms. The van der Waals surface area contributed by atoms with Gasteiger partial charge >= 0.3 is 5.97 Å². The lowest BCUT2D eigenvalue weighted by Gasteiger charge is -2.33. The first kappa shape index (κ1) is 13.8. The molecule has 1 fully saturated rings. The van der Waals surface area contributed by atoms with E-state index in [4.69, 9.17) is 16.7 Å². The molecule has 102 valence electrons. The number of hydrogen-bond donors (Lipinski definition) is 1. The van der Waals surface area contributed by atoms with Crippen LogP contribution in [0.2, 0.25) is 5.02 Å². The fourth-order valence-corrected chi connectivity index (χ4v) is 2.43. The van der Waals surface area contributed by atoms with Crippen LogP contribution in [0, 0.1) is 5.82 Å². The van der Waals surface area contributed by atoms with E-state index >= 15 is 0 Å². The Morgan fingerprint density at radius 1 is 1.37 bits per heavy atom. The van der Waals surface area contributed by atoms with Gasteiger partial charge in [0.1, 0.15) is 6.04 Å². The van der Waals surface area contributed by atoms with E-state index in [9.17, 15) is 14.0 Å². The number of nitrogens with zero attached hydrogens (tertiary/aromatic N) is 1. The number of carboxylic acids is 1. The second-order valence-electron chi connectivity index (χ2n) is 4.45. The Hall–Kier alpha value is -1.62. The van der Waals surface area contributed by atoms with E-state index in [2.05, 4.69) is 0 Å². The number of halogens is 2. The smallest absolute Gasteiger partial charge is 0.326 e. The van der Waals surface area contributed by atoms with Crippen molar-refractivity contribution >= 4 is 23.5 Å². The average molecular weight is 286 g/mol. The highest BCUT2D eigenvalue weighted by atomic mass is 35.5. The molecule has 0 aromatic heterocycles. The normalized spacial score (nSPS) is 19.3. The number of hydrogen-bond acceptors (Lipinski definition) is 2. The van der Waals surface area contributed by atoms with Crippen molar-refractivity contribution in [2.24, 2.45) is 0 Å². The first-order valence-electron chi connectivity index (χ1n) is 6.00. The van der Waals surface area contributed by atoms with Crippen molar-refractivity contribution in [1.82, 2.24) is 4.90 Å². The minimum atomic E-state index is -1.06. The lowest BCUT2D eigenvalue weighted by atomic mass is 10.0. The van der Waals surface area contributed by atoms with Crippen molar-refractivity contribution in [3.05, 3.63) is 34.6 Å². The summed E-state index contributed by atoms with van der Waals surface area (Å²) in [5, 5.41) is 8.97. The first-order valence-corrected chi connectivity index (χ1v) is 6.38. The molecule has 2 rings (SSSR count). The quantitative estimate of drug-likeness (QED) is 0.908. The highest BCUT2D eigenvalue weighted by molar-refractivity contribution is 6.31. The van der Waals surface area contributed by atoms with Gasteiger partial charge in [-0.2, -0.15) is 0 Å². The Kier molecular flexibility index (Phi) is 4.04. The van der Waals surface area contributed by atoms with Gasteiger partial charge in [0, 0.05) is 6.54 Å². The van der Waals surface area contributed by atoms with Gasteiger partial charge in [-0.3, -0.25) is 4.79 Å². The van der Waals surface area contributed by atoms with Crippen LogP contribution in [0.3, 0.4) is 0 Å². The summed E-state index contributed by atoms with van der Waals surface area (Å²) in [6.45, 7) is 0.321. The van der Waals surface area contributed by atoms with Crippen LogP contribution in [0.4, 0.5) is 4.39 Å². The zero-order valence-electron chi connectivity index (χ0n) is 10.1. The van der Waals surface area contributed by atoms with Crippen molar-refractivity contribution in [2.75, 3.05) is 6.54 Å². The van der Waals surface area contributed by atoms with Crippen molar-refractivity contribution in [3.63, 3.8) is 0 Å². The molecular weight excluding hydrogens is 273 g/mol. The Balaban J connectivity index is 2.31. The third-order valence-corrected chi connectivity index (χ3v) is 3.52. The maximum absolute atomic E-state index is 13.8. The number of rotatable bonds is 2. The van der Waals surface area contributed by atoms with Crippen molar-refractivity contribution < 1.29 is 19.1 Å². The molecular formula is C13H13ClFNO3. The summed E-state index contributed by atoms with van der Waals surface area (Å²) < 4.78 is 13.8. The van der Waals surface area contributed by atoms with E-state index in [-0.39, 0.29) is 10.6 Å². The van der Waals surface area contributed by atoms with Gasteiger partial charge in [-0.1, -0.05) is 17.7 Å². The molecule has 1 saturated heterocycles. The number of carboxylic acid groups (broad SMARTS) is 1. The number of likely N-dealkylation sites (tertiary alicyclic amines) is 1. The summed E-state index contributed by atoms with van der Waals surface area (Å²) in [6.07, 6.45) is 1.86. The molecule has 0 unspecified atom stereocenters. The monoisotopic (exact) mass is 285 g/mol. The van der Waals surface area contributed by atoms with Crippen LogP contribution < -0.4 is 0 Å². The molecule has 1 amide bonds. The SMILES string of the molecule is O=C(O)[C@@H]1CCCCN1C(=O)c1cccc(Cl)c1F.